The van der Waals surface area contributed by atoms with E-state index in [1.807, 2.05) is 104 Å². The van der Waals surface area contributed by atoms with Crippen molar-refractivity contribution < 1.29 is 19.0 Å². The lowest BCUT2D eigenvalue weighted by Gasteiger charge is -2.30. The Kier molecular flexibility index (Phi) is 5.85. The van der Waals surface area contributed by atoms with Crippen molar-refractivity contribution in [2.24, 2.45) is 0 Å². The fourth-order valence-electron chi connectivity index (χ4n) is 4.83. The monoisotopic (exact) mass is 500 g/mol. The summed E-state index contributed by atoms with van der Waals surface area (Å²) in [6.07, 6.45) is 0. The Hall–Kier alpha value is -4.97. The summed E-state index contributed by atoms with van der Waals surface area (Å²) in [5.74, 6) is 2.02. The van der Waals surface area contributed by atoms with E-state index >= 15 is 0 Å². The van der Waals surface area contributed by atoms with Crippen LogP contribution in [0.2, 0.25) is 0 Å². The average Bonchev–Trinajstić information content (AvgIpc) is 3.27. The molecule has 38 heavy (non-hydrogen) atoms. The van der Waals surface area contributed by atoms with Gasteiger partial charge in [-0.1, -0.05) is 72.8 Å². The Morgan fingerprint density at radius 2 is 1.37 bits per heavy atom. The van der Waals surface area contributed by atoms with Crippen LogP contribution >= 0.6 is 0 Å². The van der Waals surface area contributed by atoms with Crippen LogP contribution in [0.15, 0.2) is 109 Å². The van der Waals surface area contributed by atoms with Crippen molar-refractivity contribution in [1.82, 2.24) is 9.97 Å². The first kappa shape index (κ1) is 23.4. The van der Waals surface area contributed by atoms with E-state index in [1.54, 1.807) is 19.2 Å². The van der Waals surface area contributed by atoms with E-state index in [9.17, 15) is 4.79 Å². The molecule has 0 saturated carbocycles. The highest BCUT2D eigenvalue weighted by molar-refractivity contribution is 5.96. The number of fused-ring (bicyclic) bond motifs is 1. The van der Waals surface area contributed by atoms with Gasteiger partial charge in [0.05, 0.1) is 12.7 Å². The molecule has 6 nitrogen and oxygen atoms in total. The topological polar surface area (TPSA) is 70.5 Å². The molecule has 6 heteroatoms. The van der Waals surface area contributed by atoms with Gasteiger partial charge < -0.3 is 14.2 Å². The van der Waals surface area contributed by atoms with E-state index in [1.165, 1.54) is 0 Å². The first-order chi connectivity index (χ1) is 18.6. The molecular formula is C32H24N2O4. The second-order valence-corrected chi connectivity index (χ2v) is 9.01. The van der Waals surface area contributed by atoms with Crippen molar-refractivity contribution in [1.29, 1.82) is 0 Å². The van der Waals surface area contributed by atoms with Crippen LogP contribution in [0.1, 0.15) is 32.7 Å². The van der Waals surface area contributed by atoms with Crippen molar-refractivity contribution in [3.63, 3.8) is 0 Å². The Balaban J connectivity index is 1.38. The predicted molar refractivity (Wildman–Crippen MR) is 143 cm³/mol. The number of carbonyl (C=O) groups is 1. The van der Waals surface area contributed by atoms with Gasteiger partial charge in [0, 0.05) is 34.0 Å². The highest BCUT2D eigenvalue weighted by Crippen LogP contribution is 2.47. The number of carbonyl (C=O) groups excluding carboxylic acids is 1. The third-order valence-electron chi connectivity index (χ3n) is 6.61. The molecule has 0 bridgehead atoms. The molecule has 1 aliphatic heterocycles. The number of aryl methyl sites for hydroxylation is 1. The molecule has 0 amide bonds. The van der Waals surface area contributed by atoms with Crippen molar-refractivity contribution in [3.8, 4) is 28.8 Å². The number of aromatic nitrogens is 2. The molecule has 1 aromatic heterocycles. The van der Waals surface area contributed by atoms with Crippen molar-refractivity contribution in [2.45, 2.75) is 12.5 Å². The molecule has 1 aliphatic rings. The van der Waals surface area contributed by atoms with Crippen LogP contribution in [0.4, 0.5) is 0 Å². The molecule has 0 aliphatic carbocycles. The highest BCUT2D eigenvalue weighted by atomic mass is 16.6. The zero-order valence-corrected chi connectivity index (χ0v) is 20.9. The maximum atomic E-state index is 13.0. The van der Waals surface area contributed by atoms with Gasteiger partial charge in [-0.05, 0) is 37.3 Å². The molecule has 5 aromatic rings. The SMILES string of the molecule is COc1ccc(C2(c3ccc(Oc4cc(C)nc(-c5ccccc5)n4)cc3)OC(=O)c3ccccc32)cc1. The molecule has 2 heterocycles. The molecule has 0 N–H and O–H groups in total. The number of nitrogens with zero attached hydrogens (tertiary/aromatic N) is 2. The van der Waals surface area contributed by atoms with Gasteiger partial charge in [0.15, 0.2) is 11.4 Å². The van der Waals surface area contributed by atoms with E-state index in [0.717, 1.165) is 33.7 Å². The number of rotatable bonds is 6. The summed E-state index contributed by atoms with van der Waals surface area (Å²) >= 11 is 0. The number of hydrogen-bond donors (Lipinski definition) is 0. The lowest BCUT2D eigenvalue weighted by Crippen LogP contribution is -2.29. The molecule has 1 unspecified atom stereocenters. The van der Waals surface area contributed by atoms with E-state index < -0.39 is 5.60 Å². The van der Waals surface area contributed by atoms with Gasteiger partial charge in [-0.25, -0.2) is 9.78 Å². The fourth-order valence-corrected chi connectivity index (χ4v) is 4.83. The van der Waals surface area contributed by atoms with Crippen LogP contribution in [0.25, 0.3) is 11.4 Å². The second kappa shape index (κ2) is 9.48. The molecule has 1 atom stereocenters. The third-order valence-corrected chi connectivity index (χ3v) is 6.61. The Morgan fingerprint density at radius 1 is 0.737 bits per heavy atom. The quantitative estimate of drug-likeness (QED) is 0.241. The number of methoxy groups -OCH3 is 1. The Labute approximate surface area is 220 Å². The summed E-state index contributed by atoms with van der Waals surface area (Å²) in [6.45, 7) is 1.91. The predicted octanol–water partition coefficient (Wildman–Crippen LogP) is 6.72. The first-order valence-electron chi connectivity index (χ1n) is 12.2. The molecule has 0 saturated heterocycles. The number of hydrogen-bond acceptors (Lipinski definition) is 6. The normalized spacial score (nSPS) is 16.0. The van der Waals surface area contributed by atoms with Crippen LogP contribution in [0.3, 0.4) is 0 Å². The number of cyclic esters (lactones) is 1. The Morgan fingerprint density at radius 3 is 2.05 bits per heavy atom. The minimum absolute atomic E-state index is 0.360. The zero-order valence-electron chi connectivity index (χ0n) is 20.9. The van der Waals surface area contributed by atoms with Crippen LogP contribution < -0.4 is 9.47 Å². The van der Waals surface area contributed by atoms with E-state index in [-0.39, 0.29) is 5.97 Å². The Bertz CT molecular complexity index is 1620. The van der Waals surface area contributed by atoms with Crippen LogP contribution in [0, 0.1) is 6.92 Å². The summed E-state index contributed by atoms with van der Waals surface area (Å²) in [5, 5.41) is 0. The van der Waals surface area contributed by atoms with Gasteiger partial charge in [0.2, 0.25) is 5.88 Å². The van der Waals surface area contributed by atoms with E-state index in [4.69, 9.17) is 14.2 Å². The zero-order chi connectivity index (χ0) is 26.1. The van der Waals surface area contributed by atoms with Gasteiger partial charge in [-0.3, -0.25) is 0 Å². The fraction of sp³-hybridized carbons (Fsp3) is 0.0938. The molecule has 186 valence electrons. The standard InChI is InChI=1S/C32H24N2O4/c1-21-20-29(34-30(33-21)22-8-4-3-5-9-22)37-26-18-14-24(15-19-26)32(23-12-16-25(36-2)17-13-23)28-11-7-6-10-27(28)31(35)38-32/h3-20H,1-2H3. The molecule has 4 aromatic carbocycles. The molecule has 6 rings (SSSR count). The van der Waals surface area contributed by atoms with Gasteiger partial charge >= 0.3 is 5.97 Å². The summed E-state index contributed by atoms with van der Waals surface area (Å²) in [5.41, 5.74) is 3.60. The van der Waals surface area contributed by atoms with Gasteiger partial charge in [0.1, 0.15) is 11.5 Å². The average molecular weight is 501 g/mol. The largest absolute Gasteiger partial charge is 0.497 e. The number of benzene rings is 4. The summed E-state index contributed by atoms with van der Waals surface area (Å²) in [7, 11) is 1.62. The molecular weight excluding hydrogens is 476 g/mol. The van der Waals surface area contributed by atoms with E-state index in [2.05, 4.69) is 9.97 Å². The van der Waals surface area contributed by atoms with Crippen LogP contribution in [-0.4, -0.2) is 23.0 Å². The van der Waals surface area contributed by atoms with Gasteiger partial charge in [-0.2, -0.15) is 4.98 Å². The van der Waals surface area contributed by atoms with Crippen LogP contribution in [-0.2, 0) is 10.3 Å². The van der Waals surface area contributed by atoms with Crippen molar-refractivity contribution in [3.05, 3.63) is 137 Å². The summed E-state index contributed by atoms with van der Waals surface area (Å²) < 4.78 is 17.6. The maximum Gasteiger partial charge on any atom is 0.340 e. The lowest BCUT2D eigenvalue weighted by molar-refractivity contribution is 0.0251. The van der Waals surface area contributed by atoms with Gasteiger partial charge in [0.25, 0.3) is 0 Å². The first-order valence-corrected chi connectivity index (χ1v) is 12.2. The minimum atomic E-state index is -1.09. The van der Waals surface area contributed by atoms with Crippen molar-refractivity contribution >= 4 is 5.97 Å². The molecule has 0 spiro atoms. The maximum absolute atomic E-state index is 13.0. The summed E-state index contributed by atoms with van der Waals surface area (Å²) in [4.78, 5) is 22.1. The second-order valence-electron chi connectivity index (χ2n) is 9.01. The van der Waals surface area contributed by atoms with Crippen molar-refractivity contribution in [2.75, 3.05) is 7.11 Å². The van der Waals surface area contributed by atoms with E-state index in [0.29, 0.717) is 23.0 Å². The molecule has 0 fully saturated rings. The third kappa shape index (κ3) is 4.06. The van der Waals surface area contributed by atoms with Crippen LogP contribution in [0.5, 0.6) is 17.4 Å². The highest BCUT2D eigenvalue weighted by Gasteiger charge is 2.48. The lowest BCUT2D eigenvalue weighted by atomic mass is 9.80. The number of esters is 1. The summed E-state index contributed by atoms with van der Waals surface area (Å²) in [6, 6.07) is 34.2. The molecule has 0 radical (unpaired) electrons. The smallest absolute Gasteiger partial charge is 0.340 e. The minimum Gasteiger partial charge on any atom is -0.497 e. The number of ether oxygens (including phenoxy) is 3. The van der Waals surface area contributed by atoms with Gasteiger partial charge in [-0.15, -0.1) is 0 Å².